The van der Waals surface area contributed by atoms with Gasteiger partial charge in [-0.3, -0.25) is 14.4 Å². The van der Waals surface area contributed by atoms with Crippen LogP contribution in [-0.2, 0) is 23.9 Å². The van der Waals surface area contributed by atoms with Crippen LogP contribution in [0.1, 0.15) is 93.4 Å². The number of nitrogens with one attached hydrogen (secondary N) is 3. The molecule has 5 atom stereocenters. The Labute approximate surface area is 199 Å². The Bertz CT molecular complexity index is 664. The Morgan fingerprint density at radius 2 is 1.58 bits per heavy atom. The molecule has 3 N–H and O–H groups in total. The second-order valence-corrected chi connectivity index (χ2v) is 10.2. The van der Waals surface area contributed by atoms with Gasteiger partial charge in [-0.1, -0.05) is 67.2 Å². The van der Waals surface area contributed by atoms with E-state index in [4.69, 9.17) is 4.74 Å². The Morgan fingerprint density at radius 1 is 0.909 bits per heavy atom. The lowest BCUT2D eigenvalue weighted by Gasteiger charge is -2.27. The van der Waals surface area contributed by atoms with Gasteiger partial charge in [0.25, 0.3) is 0 Å². The third kappa shape index (κ3) is 10.1. The molecule has 1 saturated heterocycles. The smallest absolute Gasteiger partial charge is 0.328 e. The Kier molecular flexibility index (Phi) is 12.4. The third-order valence-electron chi connectivity index (χ3n) is 6.13. The van der Waals surface area contributed by atoms with Crippen molar-refractivity contribution in [3.05, 3.63) is 0 Å². The van der Waals surface area contributed by atoms with Crippen LogP contribution in [0.2, 0.25) is 0 Å². The average molecular weight is 468 g/mol. The van der Waals surface area contributed by atoms with Crippen LogP contribution in [0.3, 0.4) is 0 Å². The molecule has 5 unspecified atom stereocenters. The molecule has 1 heterocycles. The van der Waals surface area contributed by atoms with E-state index in [0.717, 1.165) is 32.1 Å². The van der Waals surface area contributed by atoms with Crippen LogP contribution in [-0.4, -0.2) is 47.9 Å². The van der Waals surface area contributed by atoms with Crippen LogP contribution in [0.5, 0.6) is 0 Å². The van der Waals surface area contributed by atoms with Gasteiger partial charge in [-0.05, 0) is 37.5 Å². The van der Waals surface area contributed by atoms with Crippen molar-refractivity contribution in [1.82, 2.24) is 16.0 Å². The number of cyclic esters (lactones) is 1. The summed E-state index contributed by atoms with van der Waals surface area (Å²) < 4.78 is 5.85. The molecule has 0 radical (unpaired) electrons. The van der Waals surface area contributed by atoms with Crippen LogP contribution in [0.4, 0.5) is 0 Å². The lowest BCUT2D eigenvalue weighted by molar-refractivity contribution is -0.157. The van der Waals surface area contributed by atoms with Crippen molar-refractivity contribution in [2.24, 2.45) is 17.8 Å². The zero-order valence-corrected chi connectivity index (χ0v) is 21.5. The van der Waals surface area contributed by atoms with Gasteiger partial charge in [0.2, 0.25) is 17.7 Å². The van der Waals surface area contributed by atoms with Crippen LogP contribution >= 0.6 is 0 Å². The maximum Gasteiger partial charge on any atom is 0.328 e. The maximum atomic E-state index is 13.1. The molecular formula is C25H45N3O5. The monoisotopic (exact) mass is 467 g/mol. The molecule has 1 aliphatic rings. The average Bonchev–Trinajstić information content (AvgIpc) is 2.72. The number of ether oxygens (including phenoxy) is 1. The summed E-state index contributed by atoms with van der Waals surface area (Å²) in [6.45, 7) is 13.3. The molecule has 0 saturated carbocycles. The van der Waals surface area contributed by atoms with Gasteiger partial charge in [-0.25, -0.2) is 4.79 Å². The highest BCUT2D eigenvalue weighted by Gasteiger charge is 2.34. The first-order chi connectivity index (χ1) is 15.5. The second kappa shape index (κ2) is 14.2. The fourth-order valence-electron chi connectivity index (χ4n) is 3.97. The zero-order chi connectivity index (χ0) is 25.1. The van der Waals surface area contributed by atoms with Gasteiger partial charge in [-0.15, -0.1) is 0 Å². The molecule has 0 aromatic rings. The van der Waals surface area contributed by atoms with Gasteiger partial charge in [0.1, 0.15) is 24.2 Å². The fourth-order valence-corrected chi connectivity index (χ4v) is 3.97. The van der Waals surface area contributed by atoms with Gasteiger partial charge in [0.05, 0.1) is 6.42 Å². The summed E-state index contributed by atoms with van der Waals surface area (Å²) in [5, 5.41) is 8.20. The fraction of sp³-hybridized carbons (Fsp3) is 0.840. The first-order valence-electron chi connectivity index (χ1n) is 12.6. The van der Waals surface area contributed by atoms with E-state index < -0.39 is 42.0 Å². The molecule has 0 aromatic heterocycles. The zero-order valence-electron chi connectivity index (χ0n) is 21.5. The number of carbonyl (C=O) groups excluding carboxylic acids is 4. The molecule has 3 amide bonds. The molecular weight excluding hydrogens is 422 g/mol. The topological polar surface area (TPSA) is 114 Å². The summed E-state index contributed by atoms with van der Waals surface area (Å²) >= 11 is 0. The standard InChI is InChI=1S/C25H45N3O5/c1-8-9-10-11-12-17(6)20-14-21(29)28-22(16(4)5)24(31)26-18(7)23(30)27-19(13-15(2)3)25(32)33-20/h15-20,22H,8-14H2,1-7H3,(H,26,31)(H,27,30)(H,28,29). The van der Waals surface area contributed by atoms with Crippen molar-refractivity contribution < 1.29 is 23.9 Å². The number of carbonyl (C=O) groups is 4. The molecule has 0 spiro atoms. The largest absolute Gasteiger partial charge is 0.460 e. The van der Waals surface area contributed by atoms with Crippen molar-refractivity contribution >= 4 is 23.7 Å². The highest BCUT2D eigenvalue weighted by molar-refractivity contribution is 5.93. The van der Waals surface area contributed by atoms with Crippen LogP contribution in [0.25, 0.3) is 0 Å². The van der Waals surface area contributed by atoms with Crippen molar-refractivity contribution in [2.45, 2.75) is 118 Å². The highest BCUT2D eigenvalue weighted by Crippen LogP contribution is 2.21. The van der Waals surface area contributed by atoms with Crippen LogP contribution in [0.15, 0.2) is 0 Å². The third-order valence-corrected chi connectivity index (χ3v) is 6.13. The van der Waals surface area contributed by atoms with E-state index in [9.17, 15) is 19.2 Å². The van der Waals surface area contributed by atoms with E-state index >= 15 is 0 Å². The minimum atomic E-state index is -0.854. The Balaban J connectivity index is 3.19. The van der Waals surface area contributed by atoms with E-state index in [0.29, 0.717) is 6.42 Å². The minimum absolute atomic E-state index is 0.0188. The maximum absolute atomic E-state index is 13.1. The SMILES string of the molecule is CCCCCCC(C)C1CC(=O)NC(C(C)C)C(=O)NC(C)C(=O)NC(CC(C)C)C(=O)O1. The normalized spacial score (nSPS) is 26.5. The predicted octanol–water partition coefficient (Wildman–Crippen LogP) is 3.08. The van der Waals surface area contributed by atoms with Crippen molar-refractivity contribution in [3.63, 3.8) is 0 Å². The van der Waals surface area contributed by atoms with E-state index in [1.165, 1.54) is 0 Å². The summed E-state index contributed by atoms with van der Waals surface area (Å²) in [7, 11) is 0. The van der Waals surface area contributed by atoms with E-state index in [-0.39, 0.29) is 30.1 Å². The van der Waals surface area contributed by atoms with Crippen LogP contribution < -0.4 is 16.0 Å². The molecule has 0 bridgehead atoms. The van der Waals surface area contributed by atoms with E-state index in [1.807, 2.05) is 34.6 Å². The first kappa shape index (κ1) is 28.9. The van der Waals surface area contributed by atoms with Gasteiger partial charge < -0.3 is 20.7 Å². The van der Waals surface area contributed by atoms with Gasteiger partial charge >= 0.3 is 5.97 Å². The molecule has 1 aliphatic heterocycles. The number of hydrogen-bond donors (Lipinski definition) is 3. The quantitative estimate of drug-likeness (QED) is 0.356. The summed E-state index contributed by atoms with van der Waals surface area (Å²) in [6, 6.07) is -2.47. The summed E-state index contributed by atoms with van der Waals surface area (Å²) in [5.74, 6) is -1.80. The second-order valence-electron chi connectivity index (χ2n) is 10.2. The summed E-state index contributed by atoms with van der Waals surface area (Å²) in [5.41, 5.74) is 0. The molecule has 0 aromatic carbocycles. The van der Waals surface area contributed by atoms with E-state index in [2.05, 4.69) is 22.9 Å². The Hall–Kier alpha value is -2.12. The van der Waals surface area contributed by atoms with Crippen molar-refractivity contribution in [3.8, 4) is 0 Å². The molecule has 0 aliphatic carbocycles. The molecule has 190 valence electrons. The number of amides is 3. The molecule has 33 heavy (non-hydrogen) atoms. The molecule has 8 nitrogen and oxygen atoms in total. The minimum Gasteiger partial charge on any atom is -0.460 e. The van der Waals surface area contributed by atoms with Crippen molar-refractivity contribution in [2.75, 3.05) is 0 Å². The van der Waals surface area contributed by atoms with Crippen LogP contribution in [0, 0.1) is 17.8 Å². The summed E-state index contributed by atoms with van der Waals surface area (Å²) in [4.78, 5) is 51.5. The predicted molar refractivity (Wildman–Crippen MR) is 128 cm³/mol. The lowest BCUT2D eigenvalue weighted by Crippen LogP contribution is -2.55. The molecule has 1 rings (SSSR count). The molecule has 8 heteroatoms. The van der Waals surface area contributed by atoms with E-state index in [1.54, 1.807) is 6.92 Å². The highest BCUT2D eigenvalue weighted by atomic mass is 16.5. The van der Waals surface area contributed by atoms with Gasteiger partial charge in [-0.2, -0.15) is 0 Å². The lowest BCUT2D eigenvalue weighted by atomic mass is 9.94. The van der Waals surface area contributed by atoms with Gasteiger partial charge in [0, 0.05) is 0 Å². The Morgan fingerprint density at radius 3 is 2.15 bits per heavy atom. The van der Waals surface area contributed by atoms with Crippen molar-refractivity contribution in [1.29, 1.82) is 0 Å². The number of unbranched alkanes of at least 4 members (excludes halogenated alkanes) is 3. The first-order valence-corrected chi connectivity index (χ1v) is 12.6. The number of esters is 1. The number of rotatable bonds is 9. The summed E-state index contributed by atoms with van der Waals surface area (Å²) in [6.07, 6.45) is 4.95. The molecule has 1 fully saturated rings. The number of hydrogen-bond acceptors (Lipinski definition) is 5. The van der Waals surface area contributed by atoms with Gasteiger partial charge in [0.15, 0.2) is 0 Å².